The fourth-order valence-electron chi connectivity index (χ4n) is 3.22. The van der Waals surface area contributed by atoms with Crippen molar-refractivity contribution in [3.8, 4) is 0 Å². The molecule has 1 aliphatic rings. The van der Waals surface area contributed by atoms with Crippen LogP contribution in [0.25, 0.3) is 0 Å². The predicted molar refractivity (Wildman–Crippen MR) is 92.8 cm³/mol. The predicted octanol–water partition coefficient (Wildman–Crippen LogP) is 2.76. The number of hydrogen-bond donors (Lipinski definition) is 0. The van der Waals surface area contributed by atoms with Crippen LogP contribution in [-0.4, -0.2) is 36.4 Å². The summed E-state index contributed by atoms with van der Waals surface area (Å²) in [7, 11) is 1.95. The fraction of sp³-hybridized carbons (Fsp3) is 0.611. The Kier molecular flexibility index (Phi) is 4.47. The molecule has 0 aliphatic heterocycles. The van der Waals surface area contributed by atoms with Crippen LogP contribution in [-0.2, 0) is 20.1 Å². The van der Waals surface area contributed by atoms with Crippen LogP contribution in [0.15, 0.2) is 6.20 Å². The van der Waals surface area contributed by atoms with Gasteiger partial charge in [0.05, 0.1) is 17.5 Å². The second kappa shape index (κ2) is 6.42. The van der Waals surface area contributed by atoms with Gasteiger partial charge in [-0.1, -0.05) is 6.92 Å². The number of amides is 1. The molecule has 0 spiro atoms. The van der Waals surface area contributed by atoms with Crippen LogP contribution in [0.5, 0.6) is 0 Å². The third kappa shape index (κ3) is 2.97. The highest BCUT2D eigenvalue weighted by atomic mass is 16.2. The zero-order chi connectivity index (χ0) is 17.4. The van der Waals surface area contributed by atoms with Crippen molar-refractivity contribution in [2.24, 2.45) is 7.05 Å². The second-order valence-corrected chi connectivity index (χ2v) is 6.80. The molecule has 2 aromatic heterocycles. The van der Waals surface area contributed by atoms with Crippen LogP contribution in [0.4, 0.5) is 0 Å². The summed E-state index contributed by atoms with van der Waals surface area (Å²) < 4.78 is 3.82. The molecule has 0 atom stereocenters. The third-order valence-electron chi connectivity index (χ3n) is 5.00. The topological polar surface area (TPSA) is 56.0 Å². The summed E-state index contributed by atoms with van der Waals surface area (Å²) >= 11 is 0. The van der Waals surface area contributed by atoms with Gasteiger partial charge in [0.2, 0.25) is 0 Å². The van der Waals surface area contributed by atoms with E-state index in [-0.39, 0.29) is 5.91 Å². The molecule has 6 heteroatoms. The van der Waals surface area contributed by atoms with E-state index >= 15 is 0 Å². The molecule has 1 aliphatic carbocycles. The summed E-state index contributed by atoms with van der Waals surface area (Å²) in [5.74, 6) is 0.0972. The summed E-state index contributed by atoms with van der Waals surface area (Å²) in [5.41, 5.74) is 4.99. The Bertz CT molecular complexity index is 754. The van der Waals surface area contributed by atoms with Crippen LogP contribution in [0.2, 0.25) is 0 Å². The molecule has 130 valence electrons. The van der Waals surface area contributed by atoms with Gasteiger partial charge in [-0.15, -0.1) is 0 Å². The number of hydrogen-bond acceptors (Lipinski definition) is 3. The highest BCUT2D eigenvalue weighted by molar-refractivity contribution is 5.95. The van der Waals surface area contributed by atoms with Crippen LogP contribution >= 0.6 is 0 Å². The van der Waals surface area contributed by atoms with Crippen LogP contribution in [0.1, 0.15) is 59.2 Å². The molecule has 0 bridgehead atoms. The number of nitrogens with zero attached hydrogens (tertiary/aromatic N) is 5. The molecular weight excluding hydrogens is 302 g/mol. The van der Waals surface area contributed by atoms with Crippen molar-refractivity contribution in [3.05, 3.63) is 34.4 Å². The number of carbonyl (C=O) groups excluding carboxylic acids is 1. The van der Waals surface area contributed by atoms with Crippen molar-refractivity contribution in [3.63, 3.8) is 0 Å². The lowest BCUT2D eigenvalue weighted by Crippen LogP contribution is -2.33. The molecule has 0 unspecified atom stereocenters. The monoisotopic (exact) mass is 329 g/mol. The minimum absolute atomic E-state index is 0.0972. The molecule has 1 fully saturated rings. The zero-order valence-electron chi connectivity index (χ0n) is 15.3. The largest absolute Gasteiger partial charge is 0.331 e. The van der Waals surface area contributed by atoms with Crippen molar-refractivity contribution < 1.29 is 4.79 Å². The zero-order valence-corrected chi connectivity index (χ0v) is 15.3. The Balaban J connectivity index is 1.87. The van der Waals surface area contributed by atoms with E-state index < -0.39 is 0 Å². The van der Waals surface area contributed by atoms with Gasteiger partial charge in [0.1, 0.15) is 0 Å². The van der Waals surface area contributed by atoms with E-state index in [0.717, 1.165) is 54.0 Å². The van der Waals surface area contributed by atoms with Crippen molar-refractivity contribution in [1.29, 1.82) is 0 Å². The Labute approximate surface area is 143 Å². The summed E-state index contributed by atoms with van der Waals surface area (Å²) in [6.07, 6.45) is 4.92. The first-order valence-electron chi connectivity index (χ1n) is 8.76. The van der Waals surface area contributed by atoms with E-state index in [4.69, 9.17) is 0 Å². The molecule has 2 aromatic rings. The standard InChI is InChI=1S/C18H27N5O/c1-6-9-23-14(4)16(10-19-23)18(24)22(15-7-8-15)11-17-12(2)20-21(5)13(17)3/h10,15H,6-9,11H2,1-5H3. The van der Waals surface area contributed by atoms with Gasteiger partial charge in [-0.25, -0.2) is 0 Å². The summed E-state index contributed by atoms with van der Waals surface area (Å²) in [6, 6.07) is 0.352. The Morgan fingerprint density at radius 3 is 2.54 bits per heavy atom. The third-order valence-corrected chi connectivity index (χ3v) is 5.00. The molecule has 0 aromatic carbocycles. The van der Waals surface area contributed by atoms with Gasteiger partial charge in [0, 0.05) is 43.1 Å². The normalized spacial score (nSPS) is 14.2. The van der Waals surface area contributed by atoms with Crippen molar-refractivity contribution in [2.75, 3.05) is 0 Å². The van der Waals surface area contributed by atoms with E-state index in [9.17, 15) is 4.79 Å². The molecule has 0 N–H and O–H groups in total. The van der Waals surface area contributed by atoms with E-state index in [2.05, 4.69) is 24.0 Å². The van der Waals surface area contributed by atoms with Gasteiger partial charge in [0.25, 0.3) is 5.91 Å². The number of rotatable bonds is 6. The average molecular weight is 329 g/mol. The minimum atomic E-state index is 0.0972. The van der Waals surface area contributed by atoms with Gasteiger partial charge in [0.15, 0.2) is 0 Å². The maximum Gasteiger partial charge on any atom is 0.257 e. The first-order chi connectivity index (χ1) is 11.4. The van der Waals surface area contributed by atoms with Gasteiger partial charge < -0.3 is 4.90 Å². The SMILES string of the molecule is CCCn1ncc(C(=O)N(Cc2c(C)nn(C)c2C)C2CC2)c1C. The van der Waals surface area contributed by atoms with Gasteiger partial charge in [-0.2, -0.15) is 10.2 Å². The quantitative estimate of drug-likeness (QED) is 0.819. The van der Waals surface area contributed by atoms with E-state index in [1.165, 1.54) is 0 Å². The molecule has 24 heavy (non-hydrogen) atoms. The minimum Gasteiger partial charge on any atom is -0.331 e. The first-order valence-corrected chi connectivity index (χ1v) is 8.76. The Hall–Kier alpha value is -2.11. The molecule has 1 saturated carbocycles. The number of aromatic nitrogens is 4. The lowest BCUT2D eigenvalue weighted by atomic mass is 10.1. The first kappa shape index (κ1) is 16.7. The average Bonchev–Trinajstić information content (AvgIpc) is 3.27. The number of carbonyl (C=O) groups is 1. The molecule has 0 radical (unpaired) electrons. The molecule has 1 amide bonds. The van der Waals surface area contributed by atoms with E-state index in [1.54, 1.807) is 6.20 Å². The summed E-state index contributed by atoms with van der Waals surface area (Å²) in [5, 5.41) is 8.87. The number of aryl methyl sites for hydroxylation is 3. The highest BCUT2D eigenvalue weighted by Gasteiger charge is 2.35. The molecular formula is C18H27N5O. The summed E-state index contributed by atoms with van der Waals surface area (Å²) in [4.78, 5) is 15.2. The summed E-state index contributed by atoms with van der Waals surface area (Å²) in [6.45, 7) is 9.67. The fourth-order valence-corrected chi connectivity index (χ4v) is 3.22. The van der Waals surface area contributed by atoms with Gasteiger partial charge >= 0.3 is 0 Å². The molecule has 6 nitrogen and oxygen atoms in total. The van der Waals surface area contributed by atoms with Gasteiger partial charge in [-0.3, -0.25) is 14.2 Å². The molecule has 3 rings (SSSR count). The maximum atomic E-state index is 13.1. The van der Waals surface area contributed by atoms with Crippen molar-refractivity contribution >= 4 is 5.91 Å². The van der Waals surface area contributed by atoms with Crippen molar-refractivity contribution in [2.45, 2.75) is 66.1 Å². The lowest BCUT2D eigenvalue weighted by Gasteiger charge is -2.22. The van der Waals surface area contributed by atoms with Crippen molar-refractivity contribution in [1.82, 2.24) is 24.5 Å². The van der Waals surface area contributed by atoms with Crippen LogP contribution < -0.4 is 0 Å². The smallest absolute Gasteiger partial charge is 0.257 e. The van der Waals surface area contributed by atoms with Crippen LogP contribution in [0, 0.1) is 20.8 Å². The van der Waals surface area contributed by atoms with E-state index in [0.29, 0.717) is 12.6 Å². The molecule has 2 heterocycles. The van der Waals surface area contributed by atoms with Crippen LogP contribution in [0.3, 0.4) is 0 Å². The van der Waals surface area contributed by atoms with E-state index in [1.807, 2.05) is 35.2 Å². The lowest BCUT2D eigenvalue weighted by molar-refractivity contribution is 0.0728. The second-order valence-electron chi connectivity index (χ2n) is 6.80. The Morgan fingerprint density at radius 1 is 1.29 bits per heavy atom. The highest BCUT2D eigenvalue weighted by Crippen LogP contribution is 2.31. The maximum absolute atomic E-state index is 13.1. The Morgan fingerprint density at radius 2 is 2.00 bits per heavy atom. The van der Waals surface area contributed by atoms with Gasteiger partial charge in [-0.05, 0) is 40.0 Å². The molecule has 0 saturated heterocycles.